The first-order valence-electron chi connectivity index (χ1n) is 5.40. The van der Waals surface area contributed by atoms with Crippen LogP contribution in [0.5, 0.6) is 0 Å². The van der Waals surface area contributed by atoms with Crippen molar-refractivity contribution >= 4 is 17.2 Å². The molecular weight excluding hydrogens is 253 g/mol. The largest absolute Gasteiger partial charge is 0.343 e. The number of thiazole rings is 1. The van der Waals surface area contributed by atoms with Crippen LogP contribution in [-0.2, 0) is 0 Å². The molecule has 0 saturated carbocycles. The molecule has 6 heteroatoms. The van der Waals surface area contributed by atoms with E-state index in [9.17, 15) is 9.18 Å². The molecule has 0 aliphatic heterocycles. The molecule has 0 radical (unpaired) electrons. The van der Waals surface area contributed by atoms with E-state index < -0.39 is 5.95 Å². The summed E-state index contributed by atoms with van der Waals surface area (Å²) < 4.78 is 12.9. The molecule has 94 valence electrons. The van der Waals surface area contributed by atoms with Gasteiger partial charge < -0.3 is 5.32 Å². The Morgan fingerprint density at radius 3 is 2.94 bits per heavy atom. The number of hydrogen-bond acceptors (Lipinski definition) is 4. The summed E-state index contributed by atoms with van der Waals surface area (Å²) in [5.41, 5.74) is 1.17. The Morgan fingerprint density at radius 2 is 2.33 bits per heavy atom. The van der Waals surface area contributed by atoms with Gasteiger partial charge in [-0.1, -0.05) is 0 Å². The summed E-state index contributed by atoms with van der Waals surface area (Å²) in [6.45, 7) is 3.74. The molecule has 1 N–H and O–H groups in total. The van der Waals surface area contributed by atoms with E-state index in [1.54, 1.807) is 0 Å². The Morgan fingerprint density at radius 1 is 1.56 bits per heavy atom. The van der Waals surface area contributed by atoms with Gasteiger partial charge in [0.25, 0.3) is 5.91 Å². The highest BCUT2D eigenvalue weighted by Crippen LogP contribution is 2.17. The van der Waals surface area contributed by atoms with Crippen LogP contribution < -0.4 is 5.32 Å². The molecule has 0 aliphatic rings. The minimum atomic E-state index is -0.666. The second-order valence-corrected chi connectivity index (χ2v) is 4.78. The molecule has 2 heterocycles. The second kappa shape index (κ2) is 5.22. The summed E-state index contributed by atoms with van der Waals surface area (Å²) >= 11 is 1.49. The molecule has 1 atom stereocenters. The zero-order valence-electron chi connectivity index (χ0n) is 9.98. The van der Waals surface area contributed by atoms with Crippen molar-refractivity contribution < 1.29 is 9.18 Å². The van der Waals surface area contributed by atoms with Gasteiger partial charge in [-0.25, -0.2) is 9.97 Å². The van der Waals surface area contributed by atoms with Crippen LogP contribution in [0.15, 0.2) is 23.7 Å². The van der Waals surface area contributed by atoms with Gasteiger partial charge in [0.2, 0.25) is 5.95 Å². The first-order valence-corrected chi connectivity index (χ1v) is 6.28. The van der Waals surface area contributed by atoms with Gasteiger partial charge in [0.05, 0.1) is 6.04 Å². The Bertz CT molecular complexity index is 570. The third-order valence-electron chi connectivity index (χ3n) is 2.34. The van der Waals surface area contributed by atoms with E-state index in [0.717, 1.165) is 16.8 Å². The Labute approximate surface area is 108 Å². The summed E-state index contributed by atoms with van der Waals surface area (Å²) in [6.07, 6.45) is 1.27. The van der Waals surface area contributed by atoms with E-state index in [1.807, 2.05) is 19.2 Å². The summed E-state index contributed by atoms with van der Waals surface area (Å²) in [6, 6.07) is 2.38. The lowest BCUT2D eigenvalue weighted by molar-refractivity contribution is 0.0939. The van der Waals surface area contributed by atoms with Crippen molar-refractivity contribution in [1.29, 1.82) is 0 Å². The number of nitrogens with zero attached hydrogens (tertiary/aromatic N) is 2. The maximum absolute atomic E-state index is 12.9. The third-order valence-corrected chi connectivity index (χ3v) is 3.49. The lowest BCUT2D eigenvalue weighted by Crippen LogP contribution is -2.26. The fourth-order valence-corrected chi connectivity index (χ4v) is 2.26. The van der Waals surface area contributed by atoms with Gasteiger partial charge in [0.1, 0.15) is 5.01 Å². The number of nitrogens with one attached hydrogen (secondary N) is 1. The Kier molecular flexibility index (Phi) is 3.66. The normalized spacial score (nSPS) is 12.2. The van der Waals surface area contributed by atoms with Crippen LogP contribution >= 0.6 is 11.3 Å². The van der Waals surface area contributed by atoms with Crippen molar-refractivity contribution in [1.82, 2.24) is 15.3 Å². The lowest BCUT2D eigenvalue weighted by Gasteiger charge is -2.11. The van der Waals surface area contributed by atoms with Crippen LogP contribution in [0.4, 0.5) is 4.39 Å². The summed E-state index contributed by atoms with van der Waals surface area (Å²) in [5, 5.41) is 5.52. The summed E-state index contributed by atoms with van der Waals surface area (Å²) in [4.78, 5) is 19.6. The molecule has 0 aliphatic carbocycles. The quantitative estimate of drug-likeness (QED) is 0.867. The van der Waals surface area contributed by atoms with Gasteiger partial charge in [-0.05, 0) is 19.9 Å². The van der Waals surface area contributed by atoms with Crippen molar-refractivity contribution in [2.24, 2.45) is 0 Å². The van der Waals surface area contributed by atoms with E-state index in [2.05, 4.69) is 15.3 Å². The zero-order chi connectivity index (χ0) is 13.1. The Balaban J connectivity index is 2.08. The number of carbonyl (C=O) groups is 1. The van der Waals surface area contributed by atoms with Gasteiger partial charge in [-0.15, -0.1) is 11.3 Å². The highest BCUT2D eigenvalue weighted by atomic mass is 32.1. The molecule has 0 saturated heterocycles. The van der Waals surface area contributed by atoms with Gasteiger partial charge >= 0.3 is 0 Å². The van der Waals surface area contributed by atoms with E-state index >= 15 is 0 Å². The van der Waals surface area contributed by atoms with Gasteiger partial charge in [0.15, 0.2) is 0 Å². The number of aromatic nitrogens is 2. The highest BCUT2D eigenvalue weighted by Gasteiger charge is 2.14. The minimum Gasteiger partial charge on any atom is -0.343 e. The maximum atomic E-state index is 12.9. The number of carbonyl (C=O) groups excluding carboxylic acids is 1. The number of pyridine rings is 1. The van der Waals surface area contributed by atoms with Gasteiger partial charge in [-0.3, -0.25) is 4.79 Å². The standard InChI is InChI=1S/C12H12FN3OS/c1-7-6-18-12(15-7)8(2)16-11(17)9-3-4-14-10(13)5-9/h3-6,8H,1-2H3,(H,16,17). The molecule has 4 nitrogen and oxygen atoms in total. The van der Waals surface area contributed by atoms with Crippen molar-refractivity contribution in [3.63, 3.8) is 0 Å². The predicted octanol–water partition coefficient (Wildman–Crippen LogP) is 2.48. The van der Waals surface area contributed by atoms with Gasteiger partial charge in [0, 0.05) is 28.9 Å². The zero-order valence-corrected chi connectivity index (χ0v) is 10.8. The number of rotatable bonds is 3. The SMILES string of the molecule is Cc1csc(C(C)NC(=O)c2ccnc(F)c2)n1. The van der Waals surface area contributed by atoms with Crippen molar-refractivity contribution in [2.45, 2.75) is 19.9 Å². The molecule has 0 bridgehead atoms. The Hall–Kier alpha value is -1.82. The number of hydrogen-bond donors (Lipinski definition) is 1. The average molecular weight is 265 g/mol. The highest BCUT2D eigenvalue weighted by molar-refractivity contribution is 7.09. The van der Waals surface area contributed by atoms with Crippen molar-refractivity contribution in [3.8, 4) is 0 Å². The number of halogens is 1. The van der Waals surface area contributed by atoms with E-state index in [-0.39, 0.29) is 17.5 Å². The molecule has 18 heavy (non-hydrogen) atoms. The van der Waals surface area contributed by atoms with Crippen LogP contribution in [0.3, 0.4) is 0 Å². The number of aryl methyl sites for hydroxylation is 1. The fourth-order valence-electron chi connectivity index (χ4n) is 1.46. The minimum absolute atomic E-state index is 0.201. The third kappa shape index (κ3) is 2.89. The molecule has 0 spiro atoms. The van der Waals surface area contributed by atoms with Crippen LogP contribution in [0.25, 0.3) is 0 Å². The van der Waals surface area contributed by atoms with E-state index in [0.29, 0.717) is 0 Å². The fraction of sp³-hybridized carbons (Fsp3) is 0.250. The first-order chi connectivity index (χ1) is 8.56. The van der Waals surface area contributed by atoms with E-state index in [1.165, 1.54) is 23.6 Å². The smallest absolute Gasteiger partial charge is 0.252 e. The van der Waals surface area contributed by atoms with Gasteiger partial charge in [-0.2, -0.15) is 4.39 Å². The average Bonchev–Trinajstić information content (AvgIpc) is 2.76. The van der Waals surface area contributed by atoms with Crippen LogP contribution in [0.2, 0.25) is 0 Å². The summed E-state index contributed by atoms with van der Waals surface area (Å²) in [7, 11) is 0. The molecule has 2 rings (SSSR count). The maximum Gasteiger partial charge on any atom is 0.252 e. The van der Waals surface area contributed by atoms with Crippen LogP contribution in [0, 0.1) is 12.9 Å². The van der Waals surface area contributed by atoms with Crippen LogP contribution in [0.1, 0.15) is 34.0 Å². The number of amides is 1. The molecule has 1 unspecified atom stereocenters. The second-order valence-electron chi connectivity index (χ2n) is 3.89. The van der Waals surface area contributed by atoms with Crippen LogP contribution in [-0.4, -0.2) is 15.9 Å². The predicted molar refractivity (Wildman–Crippen MR) is 66.9 cm³/mol. The topological polar surface area (TPSA) is 54.9 Å². The molecule has 0 fully saturated rings. The van der Waals surface area contributed by atoms with E-state index in [4.69, 9.17) is 0 Å². The summed E-state index contributed by atoms with van der Waals surface area (Å²) in [5.74, 6) is -1.00. The monoisotopic (exact) mass is 265 g/mol. The molecule has 1 amide bonds. The molecular formula is C12H12FN3OS. The lowest BCUT2D eigenvalue weighted by atomic mass is 10.2. The first kappa shape index (κ1) is 12.6. The molecule has 0 aromatic carbocycles. The van der Waals surface area contributed by atoms with Crippen molar-refractivity contribution in [3.05, 3.63) is 45.9 Å². The molecule has 2 aromatic heterocycles. The van der Waals surface area contributed by atoms with Crippen molar-refractivity contribution in [2.75, 3.05) is 0 Å². The molecule has 2 aromatic rings.